The maximum absolute atomic E-state index is 12.8. The molecule has 0 N–H and O–H groups in total. The first-order valence-corrected chi connectivity index (χ1v) is 10.1. The van der Waals surface area contributed by atoms with Gasteiger partial charge in [-0.3, -0.25) is 9.69 Å². The second kappa shape index (κ2) is 8.05. The zero-order valence-corrected chi connectivity index (χ0v) is 17.7. The third kappa shape index (κ3) is 3.70. The number of amides is 1. The second-order valence-electron chi connectivity index (χ2n) is 7.55. The summed E-state index contributed by atoms with van der Waals surface area (Å²) in [4.78, 5) is 21.4. The molecular weight excluding hydrogens is 388 g/mol. The van der Waals surface area contributed by atoms with E-state index in [-0.39, 0.29) is 11.9 Å². The Morgan fingerprint density at radius 1 is 1.28 bits per heavy atom. The van der Waals surface area contributed by atoms with Gasteiger partial charge in [-0.05, 0) is 37.6 Å². The number of hydrogen-bond acceptors (Lipinski definition) is 4. The SMILES string of the molecule is COc1ccccc1C1CCCN1Cc1c(C(=O)N(C)C)nc2ccc(Cl)cn12. The number of benzene rings is 1. The molecule has 0 spiro atoms. The van der Waals surface area contributed by atoms with E-state index in [1.165, 1.54) is 5.56 Å². The minimum Gasteiger partial charge on any atom is -0.496 e. The molecule has 152 valence electrons. The molecule has 3 aromatic rings. The number of rotatable bonds is 5. The van der Waals surface area contributed by atoms with Crippen LogP contribution in [0, 0.1) is 0 Å². The van der Waals surface area contributed by atoms with Crippen LogP contribution < -0.4 is 4.74 Å². The lowest BCUT2D eigenvalue weighted by Gasteiger charge is -2.26. The van der Waals surface area contributed by atoms with Gasteiger partial charge in [0.25, 0.3) is 5.91 Å². The normalized spacial score (nSPS) is 17.0. The van der Waals surface area contributed by atoms with Gasteiger partial charge in [0.2, 0.25) is 0 Å². The average molecular weight is 413 g/mol. The van der Waals surface area contributed by atoms with Crippen LogP contribution in [0.5, 0.6) is 5.75 Å². The molecule has 3 heterocycles. The molecular formula is C22H25ClN4O2. The number of pyridine rings is 1. The number of fused-ring (bicyclic) bond motifs is 1. The molecule has 1 unspecified atom stereocenters. The lowest BCUT2D eigenvalue weighted by Crippen LogP contribution is -2.28. The molecule has 1 aliphatic rings. The smallest absolute Gasteiger partial charge is 0.273 e. The molecule has 1 saturated heterocycles. The topological polar surface area (TPSA) is 50.1 Å². The van der Waals surface area contributed by atoms with Gasteiger partial charge in [0.1, 0.15) is 11.4 Å². The van der Waals surface area contributed by atoms with E-state index in [1.54, 1.807) is 32.2 Å². The maximum Gasteiger partial charge on any atom is 0.273 e. The summed E-state index contributed by atoms with van der Waals surface area (Å²) in [5.74, 6) is 0.794. The Morgan fingerprint density at radius 3 is 2.83 bits per heavy atom. The molecule has 29 heavy (non-hydrogen) atoms. The summed E-state index contributed by atoms with van der Waals surface area (Å²) in [6.45, 7) is 1.56. The zero-order valence-electron chi connectivity index (χ0n) is 16.9. The number of para-hydroxylation sites is 1. The molecule has 7 heteroatoms. The molecule has 1 amide bonds. The Morgan fingerprint density at radius 2 is 2.07 bits per heavy atom. The number of aromatic nitrogens is 2. The van der Waals surface area contributed by atoms with Gasteiger partial charge in [-0.25, -0.2) is 4.98 Å². The summed E-state index contributed by atoms with van der Waals surface area (Å²) in [6.07, 6.45) is 3.98. The first-order valence-electron chi connectivity index (χ1n) is 9.74. The van der Waals surface area contributed by atoms with Crippen LogP contribution in [0.25, 0.3) is 5.65 Å². The fraction of sp³-hybridized carbons (Fsp3) is 0.364. The fourth-order valence-corrected chi connectivity index (χ4v) is 4.26. The highest BCUT2D eigenvalue weighted by atomic mass is 35.5. The standard InChI is InChI=1S/C22H25ClN4O2/c1-25(2)22(28)21-18(27-13-15(23)10-11-20(27)24-21)14-26-12-6-8-17(26)16-7-4-5-9-19(16)29-3/h4-5,7,9-11,13,17H,6,8,12,14H2,1-3H3. The predicted octanol–water partition coefficient (Wildman–Crippen LogP) is 4.04. The van der Waals surface area contributed by atoms with E-state index in [0.717, 1.165) is 36.5 Å². The Hall–Kier alpha value is -2.57. The van der Waals surface area contributed by atoms with Crippen LogP contribution in [0.3, 0.4) is 0 Å². The quantitative estimate of drug-likeness (QED) is 0.634. The molecule has 1 aliphatic heterocycles. The number of carbonyl (C=O) groups is 1. The van der Waals surface area contributed by atoms with Gasteiger partial charge < -0.3 is 14.0 Å². The molecule has 1 atom stereocenters. The minimum absolute atomic E-state index is 0.104. The van der Waals surface area contributed by atoms with Crippen LogP contribution in [0.2, 0.25) is 5.02 Å². The summed E-state index contributed by atoms with van der Waals surface area (Å²) >= 11 is 6.25. The van der Waals surface area contributed by atoms with Crippen LogP contribution in [0.4, 0.5) is 0 Å². The zero-order chi connectivity index (χ0) is 20.5. The third-order valence-corrected chi connectivity index (χ3v) is 5.73. The van der Waals surface area contributed by atoms with E-state index in [4.69, 9.17) is 16.3 Å². The molecule has 1 aromatic carbocycles. The van der Waals surface area contributed by atoms with E-state index in [1.807, 2.05) is 34.9 Å². The molecule has 0 saturated carbocycles. The van der Waals surface area contributed by atoms with Crippen LogP contribution in [-0.4, -0.2) is 52.8 Å². The van der Waals surface area contributed by atoms with Crippen LogP contribution >= 0.6 is 11.6 Å². The highest BCUT2D eigenvalue weighted by molar-refractivity contribution is 6.30. The van der Waals surface area contributed by atoms with Crippen molar-refractivity contribution in [1.82, 2.24) is 19.2 Å². The van der Waals surface area contributed by atoms with Crippen molar-refractivity contribution in [2.75, 3.05) is 27.7 Å². The molecule has 4 rings (SSSR count). The van der Waals surface area contributed by atoms with Crippen molar-refractivity contribution in [1.29, 1.82) is 0 Å². The summed E-state index contributed by atoms with van der Waals surface area (Å²) in [5, 5.41) is 0.614. The van der Waals surface area contributed by atoms with Crippen molar-refractivity contribution in [3.8, 4) is 5.75 Å². The maximum atomic E-state index is 12.8. The van der Waals surface area contributed by atoms with Gasteiger partial charge in [0, 0.05) is 38.4 Å². The molecule has 2 aromatic heterocycles. The number of hydrogen-bond donors (Lipinski definition) is 0. The van der Waals surface area contributed by atoms with Gasteiger partial charge >= 0.3 is 0 Å². The number of ether oxygens (including phenoxy) is 1. The first-order chi connectivity index (χ1) is 14.0. The highest BCUT2D eigenvalue weighted by Crippen LogP contribution is 2.38. The van der Waals surface area contributed by atoms with E-state index in [9.17, 15) is 4.79 Å². The van der Waals surface area contributed by atoms with Gasteiger partial charge in [-0.1, -0.05) is 29.8 Å². The van der Waals surface area contributed by atoms with Crippen molar-refractivity contribution >= 4 is 23.2 Å². The minimum atomic E-state index is -0.104. The number of halogens is 1. The number of imidazole rings is 1. The van der Waals surface area contributed by atoms with E-state index in [0.29, 0.717) is 17.3 Å². The van der Waals surface area contributed by atoms with Gasteiger partial charge in [0.05, 0.1) is 17.8 Å². The average Bonchev–Trinajstić information content (AvgIpc) is 3.32. The molecule has 0 aliphatic carbocycles. The highest BCUT2D eigenvalue weighted by Gasteiger charge is 2.31. The predicted molar refractivity (Wildman–Crippen MR) is 114 cm³/mol. The van der Waals surface area contributed by atoms with Crippen molar-refractivity contribution in [3.63, 3.8) is 0 Å². The molecule has 6 nitrogen and oxygen atoms in total. The monoisotopic (exact) mass is 412 g/mol. The molecule has 1 fully saturated rings. The fourth-order valence-electron chi connectivity index (χ4n) is 4.10. The Labute approximate surface area is 175 Å². The lowest BCUT2D eigenvalue weighted by atomic mass is 10.0. The van der Waals surface area contributed by atoms with Crippen molar-refractivity contribution in [2.45, 2.75) is 25.4 Å². The number of nitrogens with zero attached hydrogens (tertiary/aromatic N) is 4. The summed E-state index contributed by atoms with van der Waals surface area (Å²) < 4.78 is 7.54. The van der Waals surface area contributed by atoms with E-state index < -0.39 is 0 Å². The molecule has 0 bridgehead atoms. The number of likely N-dealkylation sites (tertiary alicyclic amines) is 1. The Bertz CT molecular complexity index is 1050. The van der Waals surface area contributed by atoms with Gasteiger partial charge in [-0.15, -0.1) is 0 Å². The summed E-state index contributed by atoms with van der Waals surface area (Å²) in [6, 6.07) is 12.0. The van der Waals surface area contributed by atoms with Crippen LogP contribution in [0.1, 0.15) is 40.6 Å². The largest absolute Gasteiger partial charge is 0.496 e. The van der Waals surface area contributed by atoms with E-state index >= 15 is 0 Å². The Balaban J connectivity index is 1.75. The third-order valence-electron chi connectivity index (χ3n) is 5.50. The van der Waals surface area contributed by atoms with E-state index in [2.05, 4.69) is 16.0 Å². The second-order valence-corrected chi connectivity index (χ2v) is 7.99. The van der Waals surface area contributed by atoms with Crippen LogP contribution in [0.15, 0.2) is 42.6 Å². The summed E-state index contributed by atoms with van der Waals surface area (Å²) in [5.41, 5.74) is 3.24. The van der Waals surface area contributed by atoms with Crippen molar-refractivity contribution in [3.05, 3.63) is 64.6 Å². The van der Waals surface area contributed by atoms with Crippen LogP contribution in [-0.2, 0) is 6.54 Å². The van der Waals surface area contributed by atoms with Gasteiger partial charge in [-0.2, -0.15) is 0 Å². The van der Waals surface area contributed by atoms with Crippen molar-refractivity contribution in [2.24, 2.45) is 0 Å². The summed E-state index contributed by atoms with van der Waals surface area (Å²) in [7, 11) is 5.20. The first kappa shape index (κ1) is 19.7. The Kier molecular flexibility index (Phi) is 5.48. The lowest BCUT2D eigenvalue weighted by molar-refractivity contribution is 0.0819. The van der Waals surface area contributed by atoms with Gasteiger partial charge in [0.15, 0.2) is 5.69 Å². The molecule has 0 radical (unpaired) electrons. The number of carbonyl (C=O) groups excluding carboxylic acids is 1. The van der Waals surface area contributed by atoms with Crippen molar-refractivity contribution < 1.29 is 9.53 Å². The number of methoxy groups -OCH3 is 1.